The summed E-state index contributed by atoms with van der Waals surface area (Å²) in [5, 5.41) is 0. The largest absolute Gasteiger partial charge is 0.454 e. The van der Waals surface area contributed by atoms with E-state index < -0.39 is 41.8 Å². The lowest BCUT2D eigenvalue weighted by Crippen LogP contribution is -2.43. The minimum atomic E-state index is -3.07. The average molecular weight is 411 g/mol. The van der Waals surface area contributed by atoms with E-state index in [1.165, 1.54) is 25.2 Å². The highest BCUT2D eigenvalue weighted by molar-refractivity contribution is 6.02. The number of carbonyl (C=O) groups is 2. The van der Waals surface area contributed by atoms with E-state index in [-0.39, 0.29) is 23.7 Å². The van der Waals surface area contributed by atoms with E-state index in [9.17, 15) is 28.0 Å². The molecular weight excluding hydrogens is 392 g/mol. The van der Waals surface area contributed by atoms with Gasteiger partial charge in [-0.1, -0.05) is 13.0 Å². The number of aromatic nitrogens is 2. The Hall–Kier alpha value is -3.50. The lowest BCUT2D eigenvalue weighted by Gasteiger charge is -2.14. The summed E-state index contributed by atoms with van der Waals surface area (Å²) in [4.78, 5) is 48.9. The van der Waals surface area contributed by atoms with Crippen molar-refractivity contribution in [3.63, 3.8) is 0 Å². The maximum Gasteiger partial charge on any atom is 0.387 e. The predicted octanol–water partition coefficient (Wildman–Crippen LogP) is 1.18. The summed E-state index contributed by atoms with van der Waals surface area (Å²) in [6.07, 6.45) is 0.530. The summed E-state index contributed by atoms with van der Waals surface area (Å²) in [7, 11) is 1.20. The number of nitrogen functional groups attached to an aromatic ring is 1. The van der Waals surface area contributed by atoms with Gasteiger partial charge in [-0.25, -0.2) is 9.59 Å². The van der Waals surface area contributed by atoms with Gasteiger partial charge in [-0.05, 0) is 24.6 Å². The minimum absolute atomic E-state index is 0.132. The highest BCUT2D eigenvalue weighted by atomic mass is 19.3. The molecule has 29 heavy (non-hydrogen) atoms. The molecule has 1 aromatic heterocycles. The number of Topliss-reactive ketones (excluding diaryl/α,β-unsaturated/α-hetero) is 1. The summed E-state index contributed by atoms with van der Waals surface area (Å²) < 4.78 is 35.4. The third-order valence-electron chi connectivity index (χ3n) is 3.94. The van der Waals surface area contributed by atoms with Gasteiger partial charge in [-0.15, -0.1) is 0 Å². The van der Waals surface area contributed by atoms with E-state index in [1.807, 2.05) is 0 Å². The Balaban J connectivity index is 2.22. The number of carbonyl (C=O) groups excluding carboxylic acids is 2. The molecule has 0 aliphatic carbocycles. The van der Waals surface area contributed by atoms with Gasteiger partial charge in [0, 0.05) is 13.6 Å². The van der Waals surface area contributed by atoms with Crippen LogP contribution >= 0.6 is 0 Å². The van der Waals surface area contributed by atoms with Gasteiger partial charge >= 0.3 is 18.3 Å². The van der Waals surface area contributed by atoms with Crippen LogP contribution in [0, 0.1) is 0 Å². The predicted molar refractivity (Wildman–Crippen MR) is 98.3 cm³/mol. The molecule has 0 saturated carbocycles. The van der Waals surface area contributed by atoms with E-state index >= 15 is 0 Å². The van der Waals surface area contributed by atoms with Crippen molar-refractivity contribution in [3.05, 3.63) is 56.2 Å². The molecule has 2 rings (SSSR count). The molecular formula is C18H19F2N3O6. The number of ketones is 1. The molecule has 2 N–H and O–H groups in total. The van der Waals surface area contributed by atoms with Gasteiger partial charge in [0.25, 0.3) is 5.56 Å². The average Bonchev–Trinajstić information content (AvgIpc) is 2.67. The molecule has 0 amide bonds. The summed E-state index contributed by atoms with van der Waals surface area (Å²) in [6, 6.07) is 4.81. The van der Waals surface area contributed by atoms with Crippen LogP contribution in [-0.2, 0) is 18.3 Å². The normalized spacial score (nSPS) is 10.8. The van der Waals surface area contributed by atoms with Crippen molar-refractivity contribution < 1.29 is 27.8 Å². The van der Waals surface area contributed by atoms with Crippen LogP contribution in [0.15, 0.2) is 33.9 Å². The second-order valence-corrected chi connectivity index (χ2v) is 5.96. The Morgan fingerprint density at radius 2 is 1.93 bits per heavy atom. The van der Waals surface area contributed by atoms with E-state index in [1.54, 1.807) is 6.92 Å². The molecule has 0 aliphatic rings. The maximum absolute atomic E-state index is 12.4. The van der Waals surface area contributed by atoms with Crippen molar-refractivity contribution >= 4 is 17.6 Å². The number of hydrogen-bond donors (Lipinski definition) is 1. The Kier molecular flexibility index (Phi) is 6.86. The lowest BCUT2D eigenvalue weighted by molar-refractivity contribution is -0.0499. The molecule has 1 heterocycles. The van der Waals surface area contributed by atoms with E-state index in [0.717, 1.165) is 15.2 Å². The quantitative estimate of drug-likeness (QED) is 0.511. The standard InChI is InChI=1S/C18H19F2N3O6/c1-3-7-23-14(21)13(15(25)22(2)18(23)27)12(24)9-28-16(26)10-5-4-6-11(8-10)29-17(19)20/h4-6,8,17H,3,7,9,21H2,1-2H3. The first-order chi connectivity index (χ1) is 13.7. The summed E-state index contributed by atoms with van der Waals surface area (Å²) in [5.74, 6) is -2.46. The Morgan fingerprint density at radius 3 is 2.55 bits per heavy atom. The molecule has 0 saturated heterocycles. The maximum atomic E-state index is 12.4. The van der Waals surface area contributed by atoms with Crippen LogP contribution in [0.4, 0.5) is 14.6 Å². The fraction of sp³-hybridized carbons (Fsp3) is 0.333. The Morgan fingerprint density at radius 1 is 1.24 bits per heavy atom. The molecule has 9 nitrogen and oxygen atoms in total. The fourth-order valence-corrected chi connectivity index (χ4v) is 2.57. The number of anilines is 1. The molecule has 0 aliphatic heterocycles. The second-order valence-electron chi connectivity index (χ2n) is 5.96. The number of benzene rings is 1. The van der Waals surface area contributed by atoms with Crippen LogP contribution in [0.25, 0.3) is 0 Å². The van der Waals surface area contributed by atoms with Crippen molar-refractivity contribution in [1.29, 1.82) is 0 Å². The molecule has 0 fully saturated rings. The number of alkyl halides is 2. The molecule has 0 unspecified atom stereocenters. The SMILES string of the molecule is CCCn1c(N)c(C(=O)COC(=O)c2cccc(OC(F)F)c2)c(=O)n(C)c1=O. The molecule has 156 valence electrons. The van der Waals surface area contributed by atoms with Crippen molar-refractivity contribution in [2.75, 3.05) is 12.3 Å². The number of ether oxygens (including phenoxy) is 2. The van der Waals surface area contributed by atoms with Gasteiger partial charge < -0.3 is 15.2 Å². The molecule has 0 bridgehead atoms. The number of nitrogens with two attached hydrogens (primary N) is 1. The molecule has 11 heteroatoms. The number of halogens is 2. The van der Waals surface area contributed by atoms with Gasteiger partial charge in [-0.2, -0.15) is 8.78 Å². The summed E-state index contributed by atoms with van der Waals surface area (Å²) in [6.45, 7) is -1.93. The van der Waals surface area contributed by atoms with E-state index in [4.69, 9.17) is 10.5 Å². The third-order valence-corrected chi connectivity index (χ3v) is 3.94. The molecule has 0 atom stereocenters. The highest BCUT2D eigenvalue weighted by Gasteiger charge is 2.22. The zero-order chi connectivity index (χ0) is 21.7. The number of hydrogen-bond acceptors (Lipinski definition) is 7. The van der Waals surface area contributed by atoms with Crippen LogP contribution in [0.3, 0.4) is 0 Å². The molecule has 0 radical (unpaired) electrons. The number of rotatable bonds is 8. The van der Waals surface area contributed by atoms with Crippen LogP contribution in [-0.4, -0.2) is 34.1 Å². The number of nitrogens with zero attached hydrogens (tertiary/aromatic N) is 2. The van der Waals surface area contributed by atoms with Crippen LogP contribution < -0.4 is 21.7 Å². The monoisotopic (exact) mass is 411 g/mol. The molecule has 1 aromatic carbocycles. The topological polar surface area (TPSA) is 123 Å². The van der Waals surface area contributed by atoms with Crippen molar-refractivity contribution in [3.8, 4) is 5.75 Å². The molecule has 0 spiro atoms. The van der Waals surface area contributed by atoms with Crippen molar-refractivity contribution in [2.24, 2.45) is 7.05 Å². The smallest absolute Gasteiger partial charge is 0.387 e. The fourth-order valence-electron chi connectivity index (χ4n) is 2.57. The third kappa shape index (κ3) is 4.86. The lowest BCUT2D eigenvalue weighted by atomic mass is 10.2. The van der Waals surface area contributed by atoms with Crippen LogP contribution in [0.5, 0.6) is 5.75 Å². The van der Waals surface area contributed by atoms with Gasteiger partial charge in [-0.3, -0.25) is 18.7 Å². The van der Waals surface area contributed by atoms with Gasteiger partial charge in [0.1, 0.15) is 17.1 Å². The summed E-state index contributed by atoms with van der Waals surface area (Å²) in [5.41, 5.74) is 3.65. The molecule has 2 aromatic rings. The van der Waals surface area contributed by atoms with Gasteiger partial charge in [0.15, 0.2) is 6.61 Å². The Labute approximate surface area is 163 Å². The Bertz CT molecular complexity index is 1040. The zero-order valence-corrected chi connectivity index (χ0v) is 15.7. The van der Waals surface area contributed by atoms with E-state index in [2.05, 4.69) is 4.74 Å². The van der Waals surface area contributed by atoms with Crippen LogP contribution in [0.1, 0.15) is 34.1 Å². The highest BCUT2D eigenvalue weighted by Crippen LogP contribution is 2.17. The first kappa shape index (κ1) is 21.8. The van der Waals surface area contributed by atoms with Crippen molar-refractivity contribution in [2.45, 2.75) is 26.5 Å². The van der Waals surface area contributed by atoms with Gasteiger partial charge in [0.05, 0.1) is 5.56 Å². The van der Waals surface area contributed by atoms with Crippen molar-refractivity contribution in [1.82, 2.24) is 9.13 Å². The zero-order valence-electron chi connectivity index (χ0n) is 15.7. The minimum Gasteiger partial charge on any atom is -0.454 e. The van der Waals surface area contributed by atoms with Gasteiger partial charge in [0.2, 0.25) is 5.78 Å². The first-order valence-electron chi connectivity index (χ1n) is 8.51. The number of esters is 1. The summed E-state index contributed by atoms with van der Waals surface area (Å²) >= 11 is 0. The second kappa shape index (κ2) is 9.13. The van der Waals surface area contributed by atoms with Crippen LogP contribution in [0.2, 0.25) is 0 Å². The van der Waals surface area contributed by atoms with E-state index in [0.29, 0.717) is 6.42 Å². The first-order valence-corrected chi connectivity index (χ1v) is 8.51.